The smallest absolute Gasteiger partial charge is 0.261 e. The van der Waals surface area contributed by atoms with Gasteiger partial charge in [0, 0.05) is 24.3 Å². The molecule has 0 unspecified atom stereocenters. The molecule has 0 aliphatic rings. The molecule has 0 saturated carbocycles. The third-order valence-electron chi connectivity index (χ3n) is 4.01. The maximum absolute atomic E-state index is 12.7. The summed E-state index contributed by atoms with van der Waals surface area (Å²) >= 11 is 0. The highest BCUT2D eigenvalue weighted by molar-refractivity contribution is 7.92. The van der Waals surface area contributed by atoms with E-state index < -0.39 is 15.9 Å². The molecule has 2 aromatic rings. The molecule has 0 saturated heterocycles. The molecule has 0 fully saturated rings. The number of rotatable bonds is 9. The van der Waals surface area contributed by atoms with Gasteiger partial charge in [0.05, 0.1) is 37.0 Å². The molecule has 0 spiro atoms. The highest BCUT2D eigenvalue weighted by Gasteiger charge is 2.20. The van der Waals surface area contributed by atoms with Crippen molar-refractivity contribution in [3.63, 3.8) is 0 Å². The number of carbonyl (C=O) groups is 1. The molecule has 0 aliphatic carbocycles. The lowest BCUT2D eigenvalue weighted by Crippen LogP contribution is -2.33. The number of nitriles is 2. The Morgan fingerprint density at radius 3 is 2.24 bits per heavy atom. The number of ether oxygens (including phenoxy) is 1. The molecule has 0 radical (unpaired) electrons. The van der Waals surface area contributed by atoms with Crippen LogP contribution in [0.4, 0.5) is 5.69 Å². The highest BCUT2D eigenvalue weighted by Crippen LogP contribution is 2.20. The molecule has 1 N–H and O–H groups in total. The van der Waals surface area contributed by atoms with E-state index in [1.165, 1.54) is 36.3 Å². The summed E-state index contributed by atoms with van der Waals surface area (Å²) in [5.41, 5.74) is 0.519. The Morgan fingerprint density at radius 2 is 1.69 bits per heavy atom. The Kier molecular flexibility index (Phi) is 7.58. The van der Waals surface area contributed by atoms with Crippen LogP contribution in [0.5, 0.6) is 5.75 Å². The van der Waals surface area contributed by atoms with Crippen molar-refractivity contribution in [3.8, 4) is 17.9 Å². The second kappa shape index (κ2) is 10.1. The maximum atomic E-state index is 12.7. The van der Waals surface area contributed by atoms with Gasteiger partial charge in [-0.2, -0.15) is 10.5 Å². The molecule has 9 heteroatoms. The van der Waals surface area contributed by atoms with Crippen LogP contribution in [-0.2, 0) is 10.0 Å². The lowest BCUT2D eigenvalue weighted by molar-refractivity contribution is 0.0762. The molecule has 150 valence electrons. The lowest BCUT2D eigenvalue weighted by Gasteiger charge is -2.20. The highest BCUT2D eigenvalue weighted by atomic mass is 32.2. The van der Waals surface area contributed by atoms with Gasteiger partial charge in [0.2, 0.25) is 0 Å². The topological polar surface area (TPSA) is 123 Å². The van der Waals surface area contributed by atoms with Crippen LogP contribution >= 0.6 is 0 Å². The molecule has 0 bridgehead atoms. The molecule has 8 nitrogen and oxygen atoms in total. The van der Waals surface area contributed by atoms with Gasteiger partial charge < -0.3 is 9.64 Å². The van der Waals surface area contributed by atoms with Crippen molar-refractivity contribution in [1.82, 2.24) is 4.90 Å². The minimum Gasteiger partial charge on any atom is -0.497 e. The molecule has 0 heterocycles. The standard InChI is InChI=1S/C20H20N4O4S/c1-28-18-9-7-17(8-10-18)23-29(26,27)19-6-2-5-16(15-19)20(25)24(13-3-11-21)14-4-12-22/h2,5-10,15,23H,3-4,13-14H2,1H3. The summed E-state index contributed by atoms with van der Waals surface area (Å²) in [4.78, 5) is 14.0. The summed E-state index contributed by atoms with van der Waals surface area (Å²) in [6.07, 6.45) is 0.238. The lowest BCUT2D eigenvalue weighted by atomic mass is 10.2. The molecule has 29 heavy (non-hydrogen) atoms. The molecule has 0 aromatic heterocycles. The fraction of sp³-hybridized carbons (Fsp3) is 0.250. The number of carbonyl (C=O) groups excluding carboxylic acids is 1. The minimum atomic E-state index is -3.91. The predicted molar refractivity (Wildman–Crippen MR) is 107 cm³/mol. The van der Waals surface area contributed by atoms with Crippen molar-refractivity contribution in [2.45, 2.75) is 17.7 Å². The van der Waals surface area contributed by atoms with Gasteiger partial charge >= 0.3 is 0 Å². The van der Waals surface area contributed by atoms with Crippen molar-refractivity contribution >= 4 is 21.6 Å². The van der Waals surface area contributed by atoms with Gasteiger partial charge in [-0.3, -0.25) is 9.52 Å². The van der Waals surface area contributed by atoms with Crippen molar-refractivity contribution in [2.75, 3.05) is 24.9 Å². The van der Waals surface area contributed by atoms with Crippen LogP contribution in [0.1, 0.15) is 23.2 Å². The average molecular weight is 412 g/mol. The summed E-state index contributed by atoms with van der Waals surface area (Å²) < 4.78 is 32.9. The van der Waals surface area contributed by atoms with Gasteiger partial charge in [-0.05, 0) is 42.5 Å². The van der Waals surface area contributed by atoms with E-state index in [1.807, 2.05) is 12.1 Å². The van der Waals surface area contributed by atoms with Crippen molar-refractivity contribution in [3.05, 3.63) is 54.1 Å². The molecule has 2 rings (SSSR count). The van der Waals surface area contributed by atoms with Crippen LogP contribution in [0.15, 0.2) is 53.4 Å². The Labute approximate surface area is 170 Å². The van der Waals surface area contributed by atoms with Crippen LogP contribution < -0.4 is 9.46 Å². The zero-order valence-corrected chi connectivity index (χ0v) is 16.6. The minimum absolute atomic E-state index is 0.0697. The number of sulfonamides is 1. The Bertz CT molecular complexity index is 1020. The molecule has 0 atom stereocenters. The second-order valence-electron chi connectivity index (χ2n) is 5.97. The van der Waals surface area contributed by atoms with E-state index in [9.17, 15) is 13.2 Å². The fourth-order valence-electron chi connectivity index (χ4n) is 2.54. The Morgan fingerprint density at radius 1 is 1.07 bits per heavy atom. The van der Waals surface area contributed by atoms with Crippen LogP contribution in [0.3, 0.4) is 0 Å². The monoisotopic (exact) mass is 412 g/mol. The van der Waals surface area contributed by atoms with Crippen molar-refractivity contribution in [2.24, 2.45) is 0 Å². The summed E-state index contributed by atoms with van der Waals surface area (Å²) in [6.45, 7) is 0.330. The summed E-state index contributed by atoms with van der Waals surface area (Å²) in [7, 11) is -2.40. The van der Waals surface area contributed by atoms with Crippen molar-refractivity contribution < 1.29 is 17.9 Å². The predicted octanol–water partition coefficient (Wildman–Crippen LogP) is 2.77. The Balaban J connectivity index is 2.24. The third kappa shape index (κ3) is 5.96. The van der Waals surface area contributed by atoms with E-state index in [4.69, 9.17) is 15.3 Å². The van der Waals surface area contributed by atoms with Crippen LogP contribution in [0.25, 0.3) is 0 Å². The largest absolute Gasteiger partial charge is 0.497 e. The van der Waals surface area contributed by atoms with Gasteiger partial charge in [0.1, 0.15) is 5.75 Å². The zero-order chi connectivity index (χ0) is 21.3. The van der Waals surface area contributed by atoms with Gasteiger partial charge in [-0.1, -0.05) is 6.07 Å². The van der Waals surface area contributed by atoms with E-state index in [0.29, 0.717) is 11.4 Å². The van der Waals surface area contributed by atoms with E-state index in [0.717, 1.165) is 0 Å². The van der Waals surface area contributed by atoms with E-state index in [1.54, 1.807) is 24.3 Å². The summed E-state index contributed by atoms with van der Waals surface area (Å²) in [5.74, 6) is 0.160. The number of nitrogens with one attached hydrogen (secondary N) is 1. The number of anilines is 1. The van der Waals surface area contributed by atoms with E-state index in [-0.39, 0.29) is 36.4 Å². The molecule has 1 amide bonds. The second-order valence-corrected chi connectivity index (χ2v) is 7.65. The SMILES string of the molecule is COc1ccc(NS(=O)(=O)c2cccc(C(=O)N(CCC#N)CCC#N)c2)cc1. The molecule has 0 aliphatic heterocycles. The summed E-state index contributed by atoms with van der Waals surface area (Å²) in [5, 5.41) is 17.5. The zero-order valence-electron chi connectivity index (χ0n) is 15.8. The number of hydrogen-bond acceptors (Lipinski definition) is 6. The summed E-state index contributed by atoms with van der Waals surface area (Å²) in [6, 6.07) is 15.9. The quantitative estimate of drug-likeness (QED) is 0.675. The van der Waals surface area contributed by atoms with E-state index >= 15 is 0 Å². The number of amides is 1. The fourth-order valence-corrected chi connectivity index (χ4v) is 3.64. The number of nitrogens with zero attached hydrogens (tertiary/aromatic N) is 3. The first kappa shape index (κ1) is 21.7. The van der Waals surface area contributed by atoms with Crippen LogP contribution in [0.2, 0.25) is 0 Å². The van der Waals surface area contributed by atoms with Gasteiger partial charge in [-0.15, -0.1) is 0 Å². The van der Waals surface area contributed by atoms with E-state index in [2.05, 4.69) is 4.72 Å². The molecule has 2 aromatic carbocycles. The normalized spacial score (nSPS) is 10.4. The first-order valence-corrected chi connectivity index (χ1v) is 10.2. The average Bonchev–Trinajstić information content (AvgIpc) is 2.74. The first-order valence-electron chi connectivity index (χ1n) is 8.71. The van der Waals surface area contributed by atoms with Crippen LogP contribution in [-0.4, -0.2) is 39.4 Å². The molecular formula is C20H20N4O4S. The third-order valence-corrected chi connectivity index (χ3v) is 5.39. The number of hydrogen-bond donors (Lipinski definition) is 1. The Hall–Kier alpha value is -3.56. The van der Waals surface area contributed by atoms with Gasteiger partial charge in [-0.25, -0.2) is 8.42 Å². The maximum Gasteiger partial charge on any atom is 0.261 e. The van der Waals surface area contributed by atoms with Gasteiger partial charge in [0.15, 0.2) is 0 Å². The molecular weight excluding hydrogens is 392 g/mol. The van der Waals surface area contributed by atoms with Crippen LogP contribution in [0, 0.1) is 22.7 Å². The van der Waals surface area contributed by atoms with Crippen molar-refractivity contribution in [1.29, 1.82) is 10.5 Å². The number of methoxy groups -OCH3 is 1. The number of benzene rings is 2. The first-order chi connectivity index (χ1) is 13.9. The van der Waals surface area contributed by atoms with Gasteiger partial charge in [0.25, 0.3) is 15.9 Å².